The lowest BCUT2D eigenvalue weighted by Crippen LogP contribution is -2.29. The van der Waals surface area contributed by atoms with Crippen molar-refractivity contribution in [2.75, 3.05) is 7.11 Å². The lowest BCUT2D eigenvalue weighted by molar-refractivity contribution is -0.153. The van der Waals surface area contributed by atoms with E-state index in [0.29, 0.717) is 29.0 Å². The monoisotopic (exact) mass is 426 g/mol. The molecule has 0 aliphatic heterocycles. The van der Waals surface area contributed by atoms with Gasteiger partial charge >= 0.3 is 5.97 Å². The maximum absolute atomic E-state index is 11.4. The molecule has 0 heterocycles. The smallest absolute Gasteiger partial charge is 0.333 e. The molecule has 0 aromatic heterocycles. The summed E-state index contributed by atoms with van der Waals surface area (Å²) < 4.78 is 16.7. The summed E-state index contributed by atoms with van der Waals surface area (Å²) in [5.41, 5.74) is 2.57. The molecule has 5 nitrogen and oxygen atoms in total. The first-order chi connectivity index (χ1) is 13.3. The predicted octanol–water partition coefficient (Wildman–Crippen LogP) is 5.14. The van der Waals surface area contributed by atoms with Crippen LogP contribution in [-0.2, 0) is 33.9 Å². The highest BCUT2D eigenvalue weighted by atomic mass is 35.5. The fraction of sp³-hybridized carbons (Fsp3) is 0.381. The molecule has 0 bridgehead atoms. The van der Waals surface area contributed by atoms with E-state index in [1.807, 2.05) is 38.1 Å². The summed E-state index contributed by atoms with van der Waals surface area (Å²) in [6.07, 6.45) is -0.816. The maximum Gasteiger partial charge on any atom is 0.333 e. The normalized spacial score (nSPS) is 12.2. The minimum absolute atomic E-state index is 0.173. The number of carboxylic acid groups (broad SMARTS) is 1. The second-order valence-electron chi connectivity index (χ2n) is 6.60. The van der Waals surface area contributed by atoms with Gasteiger partial charge in [-0.2, -0.15) is 0 Å². The fourth-order valence-electron chi connectivity index (χ4n) is 2.72. The number of hydrogen-bond acceptors (Lipinski definition) is 4. The molecule has 1 N–H and O–H groups in total. The molecule has 0 aliphatic rings. The summed E-state index contributed by atoms with van der Waals surface area (Å²) in [5, 5.41) is 10.3. The Morgan fingerprint density at radius 3 is 2.36 bits per heavy atom. The molecular formula is C21H24Cl2O5. The molecule has 0 fully saturated rings. The van der Waals surface area contributed by atoms with E-state index in [1.165, 1.54) is 0 Å². The van der Waals surface area contributed by atoms with Crippen molar-refractivity contribution in [2.45, 2.75) is 45.7 Å². The van der Waals surface area contributed by atoms with Gasteiger partial charge in [0.2, 0.25) is 0 Å². The van der Waals surface area contributed by atoms with E-state index in [9.17, 15) is 9.90 Å². The third-order valence-corrected chi connectivity index (χ3v) is 4.73. The Morgan fingerprint density at radius 2 is 1.75 bits per heavy atom. The molecule has 0 aliphatic carbocycles. The number of ether oxygens (including phenoxy) is 3. The van der Waals surface area contributed by atoms with Crippen LogP contribution in [0.4, 0.5) is 0 Å². The van der Waals surface area contributed by atoms with Gasteiger partial charge in [0, 0.05) is 12.0 Å². The number of benzene rings is 2. The Morgan fingerprint density at radius 1 is 1.04 bits per heavy atom. The van der Waals surface area contributed by atoms with E-state index in [0.717, 1.165) is 16.7 Å². The standard InChI is InChI=1S/C21H24Cl2O5/c1-13(2)28-20(21(24)25)10-14-5-7-19(26-3)16(8-14)12-27-11-15-4-6-17(22)18(23)9-15/h4-9,13,20H,10-12H2,1-3H3,(H,24,25). The summed E-state index contributed by atoms with van der Waals surface area (Å²) in [7, 11) is 1.58. The predicted molar refractivity (Wildman–Crippen MR) is 109 cm³/mol. The van der Waals surface area contributed by atoms with Crippen LogP contribution in [0.15, 0.2) is 36.4 Å². The maximum atomic E-state index is 11.4. The van der Waals surface area contributed by atoms with Crippen LogP contribution in [0.3, 0.4) is 0 Å². The van der Waals surface area contributed by atoms with Gasteiger partial charge in [0.1, 0.15) is 5.75 Å². The van der Waals surface area contributed by atoms with Crippen LogP contribution in [0.1, 0.15) is 30.5 Å². The topological polar surface area (TPSA) is 65.0 Å². The zero-order valence-electron chi connectivity index (χ0n) is 16.1. The number of aliphatic carboxylic acids is 1. The number of methoxy groups -OCH3 is 1. The first kappa shape index (κ1) is 22.5. The molecule has 2 aromatic carbocycles. The van der Waals surface area contributed by atoms with Crippen LogP contribution in [0.2, 0.25) is 10.0 Å². The minimum atomic E-state index is -0.984. The molecule has 0 radical (unpaired) electrons. The van der Waals surface area contributed by atoms with Crippen LogP contribution in [0.5, 0.6) is 5.75 Å². The van der Waals surface area contributed by atoms with Gasteiger partial charge in [-0.1, -0.05) is 35.3 Å². The highest BCUT2D eigenvalue weighted by molar-refractivity contribution is 6.42. The molecule has 1 atom stereocenters. The van der Waals surface area contributed by atoms with Crippen molar-refractivity contribution in [3.63, 3.8) is 0 Å². The Kier molecular flexibility index (Phi) is 8.58. The fourth-order valence-corrected chi connectivity index (χ4v) is 3.04. The van der Waals surface area contributed by atoms with E-state index in [2.05, 4.69) is 0 Å². The number of carboxylic acids is 1. The highest BCUT2D eigenvalue weighted by Gasteiger charge is 2.20. The zero-order chi connectivity index (χ0) is 20.7. The number of halogens is 2. The van der Waals surface area contributed by atoms with Crippen molar-refractivity contribution in [1.29, 1.82) is 0 Å². The van der Waals surface area contributed by atoms with Crippen molar-refractivity contribution in [2.24, 2.45) is 0 Å². The second kappa shape index (κ2) is 10.7. The lowest BCUT2D eigenvalue weighted by Gasteiger charge is -2.17. The van der Waals surface area contributed by atoms with E-state index in [-0.39, 0.29) is 12.5 Å². The molecule has 152 valence electrons. The number of hydrogen-bond donors (Lipinski definition) is 1. The summed E-state index contributed by atoms with van der Waals surface area (Å²) in [6.45, 7) is 4.29. The van der Waals surface area contributed by atoms with E-state index in [4.69, 9.17) is 37.4 Å². The summed E-state index contributed by atoms with van der Waals surface area (Å²) >= 11 is 11.9. The molecule has 7 heteroatoms. The molecule has 0 saturated carbocycles. The van der Waals surface area contributed by atoms with E-state index < -0.39 is 12.1 Å². The van der Waals surface area contributed by atoms with Crippen molar-refractivity contribution < 1.29 is 24.1 Å². The van der Waals surface area contributed by atoms with Gasteiger partial charge in [-0.05, 0) is 49.2 Å². The third-order valence-electron chi connectivity index (χ3n) is 3.99. The van der Waals surface area contributed by atoms with Crippen molar-refractivity contribution in [3.05, 3.63) is 63.1 Å². The van der Waals surface area contributed by atoms with Crippen molar-refractivity contribution in [1.82, 2.24) is 0 Å². The largest absolute Gasteiger partial charge is 0.496 e. The summed E-state index contributed by atoms with van der Waals surface area (Å²) in [4.78, 5) is 11.4. The average molecular weight is 427 g/mol. The van der Waals surface area contributed by atoms with Gasteiger partial charge in [0.15, 0.2) is 6.10 Å². The van der Waals surface area contributed by atoms with Crippen molar-refractivity contribution >= 4 is 29.2 Å². The van der Waals surface area contributed by atoms with Gasteiger partial charge in [-0.15, -0.1) is 0 Å². The Hall–Kier alpha value is -1.79. The van der Waals surface area contributed by atoms with E-state index >= 15 is 0 Å². The molecule has 2 rings (SSSR count). The Labute approximate surface area is 175 Å². The van der Waals surface area contributed by atoms with Gasteiger partial charge in [0.05, 0.1) is 36.5 Å². The molecule has 0 amide bonds. The first-order valence-electron chi connectivity index (χ1n) is 8.86. The van der Waals surface area contributed by atoms with Gasteiger partial charge in [-0.25, -0.2) is 4.79 Å². The molecule has 0 saturated heterocycles. The Balaban J connectivity index is 2.06. The van der Waals surface area contributed by atoms with Gasteiger partial charge in [-0.3, -0.25) is 0 Å². The third kappa shape index (κ3) is 6.67. The number of rotatable bonds is 10. The van der Waals surface area contributed by atoms with Crippen LogP contribution in [0.25, 0.3) is 0 Å². The summed E-state index contributed by atoms with van der Waals surface area (Å²) in [5.74, 6) is -0.309. The van der Waals surface area contributed by atoms with Gasteiger partial charge < -0.3 is 19.3 Å². The average Bonchev–Trinajstić information content (AvgIpc) is 2.64. The first-order valence-corrected chi connectivity index (χ1v) is 9.61. The number of carbonyl (C=O) groups is 1. The van der Waals surface area contributed by atoms with E-state index in [1.54, 1.807) is 19.2 Å². The van der Waals surface area contributed by atoms with Gasteiger partial charge in [0.25, 0.3) is 0 Å². The molecule has 0 spiro atoms. The molecule has 2 aromatic rings. The lowest BCUT2D eigenvalue weighted by atomic mass is 10.0. The second-order valence-corrected chi connectivity index (χ2v) is 7.42. The summed E-state index contributed by atoms with van der Waals surface area (Å²) in [6, 6.07) is 10.9. The van der Waals surface area contributed by atoms with Crippen molar-refractivity contribution in [3.8, 4) is 5.75 Å². The van der Waals surface area contributed by atoms with Crippen LogP contribution in [0, 0.1) is 0 Å². The quantitative estimate of drug-likeness (QED) is 0.569. The van der Waals surface area contributed by atoms with Crippen LogP contribution < -0.4 is 4.74 Å². The zero-order valence-corrected chi connectivity index (χ0v) is 17.6. The molecular weight excluding hydrogens is 403 g/mol. The molecule has 28 heavy (non-hydrogen) atoms. The SMILES string of the molecule is COc1ccc(CC(OC(C)C)C(=O)O)cc1COCc1ccc(Cl)c(Cl)c1. The van der Waals surface area contributed by atoms with Crippen LogP contribution in [-0.4, -0.2) is 30.4 Å². The molecule has 1 unspecified atom stereocenters. The minimum Gasteiger partial charge on any atom is -0.496 e. The Bertz CT molecular complexity index is 807. The van der Waals surface area contributed by atoms with Crippen LogP contribution >= 0.6 is 23.2 Å². The highest BCUT2D eigenvalue weighted by Crippen LogP contribution is 2.25.